The molecular formula is C16H21N3. The van der Waals surface area contributed by atoms with Crippen molar-refractivity contribution in [3.05, 3.63) is 53.3 Å². The van der Waals surface area contributed by atoms with Gasteiger partial charge in [-0.1, -0.05) is 24.3 Å². The molecule has 1 aliphatic carbocycles. The monoisotopic (exact) mass is 255 g/mol. The number of hydrogen-bond acceptors (Lipinski definition) is 2. The lowest BCUT2D eigenvalue weighted by Crippen LogP contribution is -2.26. The van der Waals surface area contributed by atoms with E-state index in [1.54, 1.807) is 0 Å². The van der Waals surface area contributed by atoms with Crippen LogP contribution in [0.3, 0.4) is 0 Å². The van der Waals surface area contributed by atoms with Gasteiger partial charge < -0.3 is 5.32 Å². The Labute approximate surface area is 114 Å². The molecule has 1 aliphatic rings. The van der Waals surface area contributed by atoms with Crippen LogP contribution in [-0.4, -0.2) is 16.8 Å². The fourth-order valence-corrected chi connectivity index (χ4v) is 3.34. The Hall–Kier alpha value is -1.61. The SMILES string of the molecule is CNC(c1cnn(C)c1)C1CCCc2ccccc21. The molecule has 0 saturated heterocycles. The summed E-state index contributed by atoms with van der Waals surface area (Å²) in [6.45, 7) is 0. The van der Waals surface area contributed by atoms with Crippen LogP contribution < -0.4 is 5.32 Å². The molecule has 2 atom stereocenters. The van der Waals surface area contributed by atoms with Gasteiger partial charge in [0.15, 0.2) is 0 Å². The molecule has 0 spiro atoms. The second kappa shape index (κ2) is 5.17. The maximum atomic E-state index is 4.31. The summed E-state index contributed by atoms with van der Waals surface area (Å²) in [6.07, 6.45) is 7.85. The van der Waals surface area contributed by atoms with Crippen molar-refractivity contribution in [2.75, 3.05) is 7.05 Å². The second-order valence-electron chi connectivity index (χ2n) is 5.41. The van der Waals surface area contributed by atoms with E-state index in [4.69, 9.17) is 0 Å². The fraction of sp³-hybridized carbons (Fsp3) is 0.438. The van der Waals surface area contributed by atoms with Crippen LogP contribution in [0.4, 0.5) is 0 Å². The van der Waals surface area contributed by atoms with Crippen LogP contribution in [0.15, 0.2) is 36.7 Å². The van der Waals surface area contributed by atoms with Gasteiger partial charge in [0.05, 0.1) is 6.20 Å². The fourth-order valence-electron chi connectivity index (χ4n) is 3.34. The lowest BCUT2D eigenvalue weighted by Gasteiger charge is -2.31. The zero-order chi connectivity index (χ0) is 13.2. The second-order valence-corrected chi connectivity index (χ2v) is 5.41. The Kier molecular flexibility index (Phi) is 3.38. The third-order valence-electron chi connectivity index (χ3n) is 4.21. The molecule has 1 N–H and O–H groups in total. The minimum absolute atomic E-state index is 0.357. The molecule has 100 valence electrons. The Morgan fingerprint density at radius 1 is 1.37 bits per heavy atom. The van der Waals surface area contributed by atoms with E-state index in [0.717, 1.165) is 0 Å². The zero-order valence-electron chi connectivity index (χ0n) is 11.6. The molecule has 3 rings (SSSR count). The van der Waals surface area contributed by atoms with Crippen LogP contribution in [0.25, 0.3) is 0 Å². The van der Waals surface area contributed by atoms with Crippen molar-refractivity contribution in [3.8, 4) is 0 Å². The first-order valence-electron chi connectivity index (χ1n) is 7.03. The van der Waals surface area contributed by atoms with Crippen molar-refractivity contribution in [2.24, 2.45) is 7.05 Å². The summed E-state index contributed by atoms with van der Waals surface area (Å²) >= 11 is 0. The van der Waals surface area contributed by atoms with Crippen LogP contribution >= 0.6 is 0 Å². The Bertz CT molecular complexity index is 559. The maximum absolute atomic E-state index is 4.31. The van der Waals surface area contributed by atoms with E-state index in [1.165, 1.54) is 36.0 Å². The van der Waals surface area contributed by atoms with E-state index in [0.29, 0.717) is 12.0 Å². The Morgan fingerprint density at radius 3 is 2.95 bits per heavy atom. The first-order chi connectivity index (χ1) is 9.29. The molecule has 0 bridgehead atoms. The van der Waals surface area contributed by atoms with Gasteiger partial charge in [0.1, 0.15) is 0 Å². The van der Waals surface area contributed by atoms with Crippen molar-refractivity contribution < 1.29 is 0 Å². The third kappa shape index (κ3) is 2.30. The van der Waals surface area contributed by atoms with Crippen molar-refractivity contribution in [1.29, 1.82) is 0 Å². The van der Waals surface area contributed by atoms with Crippen molar-refractivity contribution in [3.63, 3.8) is 0 Å². The molecule has 3 heteroatoms. The van der Waals surface area contributed by atoms with Gasteiger partial charge in [0, 0.05) is 30.8 Å². The predicted molar refractivity (Wildman–Crippen MR) is 77.1 cm³/mol. The minimum Gasteiger partial charge on any atom is -0.312 e. The van der Waals surface area contributed by atoms with Gasteiger partial charge in [-0.15, -0.1) is 0 Å². The average Bonchev–Trinajstić information content (AvgIpc) is 2.86. The quantitative estimate of drug-likeness (QED) is 0.914. The average molecular weight is 255 g/mol. The molecule has 3 nitrogen and oxygen atoms in total. The molecule has 0 fully saturated rings. The lowest BCUT2D eigenvalue weighted by molar-refractivity contribution is 0.425. The minimum atomic E-state index is 0.357. The van der Waals surface area contributed by atoms with E-state index < -0.39 is 0 Å². The molecule has 1 aromatic heterocycles. The molecule has 1 heterocycles. The van der Waals surface area contributed by atoms with Gasteiger partial charge in [-0.2, -0.15) is 5.10 Å². The third-order valence-corrected chi connectivity index (χ3v) is 4.21. The van der Waals surface area contributed by atoms with Crippen molar-refractivity contribution >= 4 is 0 Å². The van der Waals surface area contributed by atoms with Crippen LogP contribution in [0.5, 0.6) is 0 Å². The number of benzene rings is 1. The van der Waals surface area contributed by atoms with Gasteiger partial charge in [-0.05, 0) is 37.4 Å². The van der Waals surface area contributed by atoms with Gasteiger partial charge in [0.25, 0.3) is 0 Å². The lowest BCUT2D eigenvalue weighted by atomic mass is 9.77. The van der Waals surface area contributed by atoms with Crippen molar-refractivity contribution in [2.45, 2.75) is 31.2 Å². The Balaban J connectivity index is 1.97. The molecule has 19 heavy (non-hydrogen) atoms. The van der Waals surface area contributed by atoms with E-state index in [-0.39, 0.29) is 0 Å². The molecule has 0 saturated carbocycles. The van der Waals surface area contributed by atoms with Gasteiger partial charge in [-0.25, -0.2) is 0 Å². The largest absolute Gasteiger partial charge is 0.312 e. The van der Waals surface area contributed by atoms with E-state index >= 15 is 0 Å². The normalized spacial score (nSPS) is 20.0. The number of fused-ring (bicyclic) bond motifs is 1. The summed E-state index contributed by atoms with van der Waals surface area (Å²) < 4.78 is 1.88. The summed E-state index contributed by atoms with van der Waals surface area (Å²) in [6, 6.07) is 9.24. The van der Waals surface area contributed by atoms with Crippen molar-refractivity contribution in [1.82, 2.24) is 15.1 Å². The van der Waals surface area contributed by atoms with Crippen LogP contribution in [0.2, 0.25) is 0 Å². The molecule has 2 aromatic rings. The number of rotatable bonds is 3. The Morgan fingerprint density at radius 2 is 2.21 bits per heavy atom. The number of aryl methyl sites for hydroxylation is 2. The smallest absolute Gasteiger partial charge is 0.0537 e. The summed E-state index contributed by atoms with van der Waals surface area (Å²) in [5.74, 6) is 0.555. The van der Waals surface area contributed by atoms with E-state index in [9.17, 15) is 0 Å². The molecule has 1 aromatic carbocycles. The summed E-state index contributed by atoms with van der Waals surface area (Å²) in [5, 5.41) is 7.80. The van der Waals surface area contributed by atoms with Gasteiger partial charge in [0.2, 0.25) is 0 Å². The molecule has 0 radical (unpaired) electrons. The van der Waals surface area contributed by atoms with Crippen LogP contribution in [-0.2, 0) is 13.5 Å². The first kappa shape index (κ1) is 12.4. The number of hydrogen-bond donors (Lipinski definition) is 1. The molecule has 2 unspecified atom stereocenters. The number of nitrogens with one attached hydrogen (secondary N) is 1. The van der Waals surface area contributed by atoms with Gasteiger partial charge >= 0.3 is 0 Å². The number of likely N-dealkylation sites (N-methyl/N-ethyl adjacent to an activating group) is 1. The molecular weight excluding hydrogens is 234 g/mol. The van der Waals surface area contributed by atoms with E-state index in [1.807, 2.05) is 17.9 Å². The number of nitrogens with zero attached hydrogens (tertiary/aromatic N) is 2. The molecule has 0 aliphatic heterocycles. The molecule has 0 amide bonds. The number of aromatic nitrogens is 2. The van der Waals surface area contributed by atoms with Crippen LogP contribution in [0.1, 0.15) is 41.5 Å². The maximum Gasteiger partial charge on any atom is 0.0537 e. The highest BCUT2D eigenvalue weighted by Crippen LogP contribution is 2.39. The van der Waals surface area contributed by atoms with Crippen LogP contribution in [0, 0.1) is 0 Å². The highest BCUT2D eigenvalue weighted by Gasteiger charge is 2.28. The summed E-state index contributed by atoms with van der Waals surface area (Å²) in [7, 11) is 4.03. The summed E-state index contributed by atoms with van der Waals surface area (Å²) in [5.41, 5.74) is 4.31. The highest BCUT2D eigenvalue weighted by molar-refractivity contribution is 5.35. The predicted octanol–water partition coefficient (Wildman–Crippen LogP) is 2.80. The topological polar surface area (TPSA) is 29.9 Å². The summed E-state index contributed by atoms with van der Waals surface area (Å²) in [4.78, 5) is 0. The standard InChI is InChI=1S/C16H21N3/c1-17-16(13-10-18-19(2)11-13)15-9-5-7-12-6-3-4-8-14(12)15/h3-4,6,8,10-11,15-17H,5,7,9H2,1-2H3. The zero-order valence-corrected chi connectivity index (χ0v) is 11.6. The van der Waals surface area contributed by atoms with E-state index in [2.05, 4.69) is 47.9 Å². The van der Waals surface area contributed by atoms with Gasteiger partial charge in [-0.3, -0.25) is 4.68 Å². The first-order valence-corrected chi connectivity index (χ1v) is 7.03. The highest BCUT2D eigenvalue weighted by atomic mass is 15.2.